The van der Waals surface area contributed by atoms with Gasteiger partial charge in [0.25, 0.3) is 0 Å². The third-order valence-corrected chi connectivity index (χ3v) is 6.36. The fourth-order valence-electron chi connectivity index (χ4n) is 3.12. The lowest BCUT2D eigenvalue weighted by molar-refractivity contribution is 0.338. The molecule has 27 heavy (non-hydrogen) atoms. The average molecular weight is 399 g/mol. The van der Waals surface area contributed by atoms with Crippen LogP contribution in [0.25, 0.3) is 0 Å². The minimum Gasteiger partial charge on any atom is -0.446 e. The van der Waals surface area contributed by atoms with Gasteiger partial charge in [-0.3, -0.25) is 5.41 Å². The molecule has 1 N–H and O–H groups in total. The van der Waals surface area contributed by atoms with E-state index in [4.69, 9.17) is 21.7 Å². The van der Waals surface area contributed by atoms with Crippen molar-refractivity contribution in [2.75, 3.05) is 0 Å². The summed E-state index contributed by atoms with van der Waals surface area (Å²) in [5.74, 6) is -0.985. The Morgan fingerprint density at radius 2 is 1.81 bits per heavy atom. The van der Waals surface area contributed by atoms with Crippen molar-refractivity contribution in [3.05, 3.63) is 75.3 Å². The van der Waals surface area contributed by atoms with Crippen molar-refractivity contribution in [1.82, 2.24) is 0 Å². The second-order valence-electron chi connectivity index (χ2n) is 6.33. The summed E-state index contributed by atoms with van der Waals surface area (Å²) in [4.78, 5) is 1.19. The highest BCUT2D eigenvalue weighted by Gasteiger charge is 2.41. The summed E-state index contributed by atoms with van der Waals surface area (Å²) < 4.78 is 19.1. The zero-order valence-corrected chi connectivity index (χ0v) is 16.6. The van der Waals surface area contributed by atoms with Crippen LogP contribution in [0.2, 0.25) is 5.02 Å². The van der Waals surface area contributed by atoms with Crippen LogP contribution in [0.3, 0.4) is 0 Å². The number of nitrogens with one attached hydrogen (secondary N) is 1. The van der Waals surface area contributed by atoms with Gasteiger partial charge in [-0.05, 0) is 36.8 Å². The molecule has 2 aromatic rings. The number of rotatable bonds is 4. The summed E-state index contributed by atoms with van der Waals surface area (Å²) in [5.41, 5.74) is 1.87. The van der Waals surface area contributed by atoms with Crippen molar-refractivity contribution in [1.29, 1.82) is 10.7 Å². The summed E-state index contributed by atoms with van der Waals surface area (Å²) in [6.07, 6.45) is 0.484. The minimum absolute atomic E-state index is 0.112. The van der Waals surface area contributed by atoms with Crippen molar-refractivity contribution >= 4 is 28.3 Å². The van der Waals surface area contributed by atoms with Crippen molar-refractivity contribution in [3.8, 4) is 6.07 Å². The van der Waals surface area contributed by atoms with Gasteiger partial charge in [0, 0.05) is 22.3 Å². The number of hydrogen-bond donors (Lipinski definition) is 1. The number of benzene rings is 2. The van der Waals surface area contributed by atoms with Crippen LogP contribution in [0, 0.1) is 29.6 Å². The maximum Gasteiger partial charge on any atom is 0.205 e. The van der Waals surface area contributed by atoms with E-state index in [0.717, 1.165) is 11.1 Å². The van der Waals surface area contributed by atoms with Crippen LogP contribution in [-0.4, -0.2) is 10.1 Å². The fraction of sp³-hybridized carbons (Fsp3) is 0.238. The van der Waals surface area contributed by atoms with Crippen LogP contribution in [0.5, 0.6) is 0 Å². The van der Waals surface area contributed by atoms with E-state index in [0.29, 0.717) is 27.0 Å². The van der Waals surface area contributed by atoms with Gasteiger partial charge in [-0.25, -0.2) is 4.21 Å². The molecule has 0 fully saturated rings. The first-order valence-electron chi connectivity index (χ1n) is 8.59. The summed E-state index contributed by atoms with van der Waals surface area (Å²) in [6, 6.07) is 16.7. The maximum atomic E-state index is 13.5. The number of ether oxygens (including phenoxy) is 1. The van der Waals surface area contributed by atoms with Gasteiger partial charge in [0.2, 0.25) is 5.90 Å². The number of hydrogen-bond acceptors (Lipinski definition) is 4. The lowest BCUT2D eigenvalue weighted by Crippen LogP contribution is -2.31. The lowest BCUT2D eigenvalue weighted by Gasteiger charge is -2.32. The molecule has 1 aliphatic heterocycles. The Hall–Kier alpha value is -2.42. The Bertz CT molecular complexity index is 959. The van der Waals surface area contributed by atoms with Gasteiger partial charge < -0.3 is 4.74 Å². The van der Waals surface area contributed by atoms with E-state index in [-0.39, 0.29) is 5.90 Å². The highest BCUT2D eigenvalue weighted by Crippen LogP contribution is 2.43. The van der Waals surface area contributed by atoms with Crippen molar-refractivity contribution in [2.45, 2.75) is 31.1 Å². The number of nitrogens with zero attached hydrogens (tertiary/aromatic N) is 1. The van der Waals surface area contributed by atoms with Crippen LogP contribution in [0.15, 0.2) is 64.1 Å². The number of aryl methyl sites for hydroxylation is 1. The van der Waals surface area contributed by atoms with Gasteiger partial charge >= 0.3 is 0 Å². The topological polar surface area (TPSA) is 73.9 Å². The third kappa shape index (κ3) is 3.83. The Morgan fingerprint density at radius 1 is 1.19 bits per heavy atom. The first-order chi connectivity index (χ1) is 13.0. The molecule has 0 radical (unpaired) electrons. The Kier molecular flexibility index (Phi) is 5.79. The Labute approximate surface area is 166 Å². The lowest BCUT2D eigenvalue weighted by atomic mass is 9.84. The normalized spacial score (nSPS) is 20.7. The molecule has 3 rings (SSSR count). The van der Waals surface area contributed by atoms with Crippen molar-refractivity contribution in [2.24, 2.45) is 5.92 Å². The molecule has 4 nitrogen and oxygen atoms in total. The minimum atomic E-state index is -1.51. The average Bonchev–Trinajstić information content (AvgIpc) is 2.67. The van der Waals surface area contributed by atoms with E-state index in [1.165, 1.54) is 0 Å². The standard InChI is InChI=1S/C21H19ClN2O2S/c1-3-18-20(27(25)16-10-4-13(2)5-11-16)19(17(12-23)21(24)26-18)14-6-8-15(22)9-7-14/h4-11,17,19,24H,3H2,1-2H3. The van der Waals surface area contributed by atoms with Gasteiger partial charge in [0.15, 0.2) is 0 Å². The van der Waals surface area contributed by atoms with Gasteiger partial charge in [0.05, 0.1) is 21.8 Å². The molecule has 0 saturated carbocycles. The molecule has 138 valence electrons. The molecule has 6 heteroatoms. The molecule has 3 unspecified atom stereocenters. The summed E-state index contributed by atoms with van der Waals surface area (Å²) >= 11 is 6.01. The fourth-order valence-corrected chi connectivity index (χ4v) is 4.78. The number of allylic oxidation sites excluding steroid dienone is 2. The monoisotopic (exact) mass is 398 g/mol. The predicted molar refractivity (Wildman–Crippen MR) is 107 cm³/mol. The Morgan fingerprint density at radius 3 is 2.37 bits per heavy atom. The van der Waals surface area contributed by atoms with E-state index in [1.807, 2.05) is 50.2 Å². The van der Waals surface area contributed by atoms with E-state index >= 15 is 0 Å². The van der Waals surface area contributed by atoms with Crippen LogP contribution < -0.4 is 0 Å². The van der Waals surface area contributed by atoms with E-state index in [2.05, 4.69) is 6.07 Å². The van der Waals surface area contributed by atoms with Gasteiger partial charge in [-0.1, -0.05) is 48.4 Å². The molecular weight excluding hydrogens is 380 g/mol. The molecule has 1 heterocycles. The van der Waals surface area contributed by atoms with Crippen LogP contribution in [0.1, 0.15) is 30.4 Å². The first-order valence-corrected chi connectivity index (χ1v) is 10.1. The van der Waals surface area contributed by atoms with E-state index in [1.54, 1.807) is 12.1 Å². The van der Waals surface area contributed by atoms with Gasteiger partial charge in [-0.2, -0.15) is 5.26 Å². The summed E-state index contributed by atoms with van der Waals surface area (Å²) in [5, 5.41) is 18.4. The van der Waals surface area contributed by atoms with Gasteiger partial charge in [-0.15, -0.1) is 0 Å². The predicted octanol–water partition coefficient (Wildman–Crippen LogP) is 5.31. The molecule has 0 spiro atoms. The largest absolute Gasteiger partial charge is 0.446 e. The molecular formula is C21H19ClN2O2S. The second-order valence-corrected chi connectivity index (χ2v) is 8.21. The van der Waals surface area contributed by atoms with E-state index < -0.39 is 22.6 Å². The highest BCUT2D eigenvalue weighted by atomic mass is 35.5. The second kappa shape index (κ2) is 8.08. The zero-order valence-electron chi connectivity index (χ0n) is 15.0. The molecule has 0 saturated heterocycles. The SMILES string of the molecule is CCC1=C(S(=O)c2ccc(C)cc2)C(c2ccc(Cl)cc2)C(C#N)C(=N)O1. The van der Waals surface area contributed by atoms with Crippen LogP contribution in [0.4, 0.5) is 0 Å². The molecule has 0 aromatic heterocycles. The first kappa shape index (κ1) is 19.3. The van der Waals surface area contributed by atoms with Crippen LogP contribution in [-0.2, 0) is 15.5 Å². The highest BCUT2D eigenvalue weighted by molar-refractivity contribution is 7.89. The number of halogens is 1. The third-order valence-electron chi connectivity index (χ3n) is 4.53. The number of nitriles is 1. The zero-order chi connectivity index (χ0) is 19.6. The van der Waals surface area contributed by atoms with Crippen LogP contribution >= 0.6 is 11.6 Å². The summed E-state index contributed by atoms with van der Waals surface area (Å²) in [6.45, 7) is 3.86. The molecule has 0 amide bonds. The van der Waals surface area contributed by atoms with Crippen molar-refractivity contribution < 1.29 is 8.95 Å². The summed E-state index contributed by atoms with van der Waals surface area (Å²) in [7, 11) is -1.51. The van der Waals surface area contributed by atoms with Crippen molar-refractivity contribution in [3.63, 3.8) is 0 Å². The molecule has 0 aliphatic carbocycles. The van der Waals surface area contributed by atoms with E-state index in [9.17, 15) is 9.47 Å². The maximum absolute atomic E-state index is 13.5. The quantitative estimate of drug-likeness (QED) is 0.758. The molecule has 1 aliphatic rings. The Balaban J connectivity index is 2.18. The molecule has 0 bridgehead atoms. The molecule has 3 atom stereocenters. The smallest absolute Gasteiger partial charge is 0.205 e. The molecule has 2 aromatic carbocycles. The van der Waals surface area contributed by atoms with Gasteiger partial charge in [0.1, 0.15) is 11.7 Å².